The number of benzene rings is 1. The number of rotatable bonds is 7. The van der Waals surface area contributed by atoms with E-state index in [0.29, 0.717) is 17.9 Å². The molecule has 0 aliphatic carbocycles. The molecule has 1 aromatic carbocycles. The molecule has 2 rings (SSSR count). The van der Waals surface area contributed by atoms with Gasteiger partial charge < -0.3 is 19.6 Å². The normalized spacial score (nSPS) is 13.4. The van der Waals surface area contributed by atoms with Gasteiger partial charge in [0.15, 0.2) is 6.61 Å². The zero-order valence-corrected chi connectivity index (χ0v) is 11.9. The first-order chi connectivity index (χ1) is 10.1. The van der Waals surface area contributed by atoms with Gasteiger partial charge in [-0.05, 0) is 31.2 Å². The number of ether oxygens (including phenoxy) is 1. The fraction of sp³-hybridized carbons (Fsp3) is 0.312. The van der Waals surface area contributed by atoms with Crippen LogP contribution in [0.3, 0.4) is 0 Å². The molecular formula is C16H19NO4. The summed E-state index contributed by atoms with van der Waals surface area (Å²) in [7, 11) is 0. The third kappa shape index (κ3) is 5.31. The summed E-state index contributed by atoms with van der Waals surface area (Å²) in [4.78, 5) is 11.7. The third-order valence-corrected chi connectivity index (χ3v) is 2.91. The summed E-state index contributed by atoms with van der Waals surface area (Å²) in [6.45, 7) is 1.69. The van der Waals surface area contributed by atoms with Crippen LogP contribution < -0.4 is 10.1 Å². The second kappa shape index (κ2) is 6.95. The van der Waals surface area contributed by atoms with Crippen LogP contribution in [0.4, 0.5) is 0 Å². The maximum absolute atomic E-state index is 11.7. The van der Waals surface area contributed by atoms with Crippen molar-refractivity contribution in [3.8, 4) is 5.75 Å². The molecule has 0 radical (unpaired) electrons. The predicted octanol–water partition coefficient (Wildman–Crippen LogP) is 1.77. The highest BCUT2D eigenvalue weighted by Gasteiger charge is 2.23. The first-order valence-corrected chi connectivity index (χ1v) is 6.74. The van der Waals surface area contributed by atoms with Crippen molar-refractivity contribution in [2.24, 2.45) is 0 Å². The van der Waals surface area contributed by atoms with Crippen LogP contribution in [-0.2, 0) is 11.2 Å². The molecule has 0 bridgehead atoms. The summed E-state index contributed by atoms with van der Waals surface area (Å²) in [5.74, 6) is 1.03. The lowest BCUT2D eigenvalue weighted by Gasteiger charge is -2.22. The Morgan fingerprint density at radius 2 is 2.05 bits per heavy atom. The second-order valence-corrected chi connectivity index (χ2v) is 5.13. The Labute approximate surface area is 123 Å². The van der Waals surface area contributed by atoms with Crippen molar-refractivity contribution in [2.75, 3.05) is 13.2 Å². The van der Waals surface area contributed by atoms with Crippen LogP contribution in [0.5, 0.6) is 5.75 Å². The predicted molar refractivity (Wildman–Crippen MR) is 78.0 cm³/mol. The van der Waals surface area contributed by atoms with Gasteiger partial charge in [0.1, 0.15) is 11.5 Å². The van der Waals surface area contributed by atoms with Gasteiger partial charge in [0, 0.05) is 13.0 Å². The summed E-state index contributed by atoms with van der Waals surface area (Å²) in [6.07, 6.45) is 1.89. The van der Waals surface area contributed by atoms with E-state index in [2.05, 4.69) is 5.32 Å². The Balaban J connectivity index is 1.73. The van der Waals surface area contributed by atoms with Crippen molar-refractivity contribution in [2.45, 2.75) is 18.9 Å². The number of carbonyl (C=O) groups is 1. The smallest absolute Gasteiger partial charge is 0.258 e. The average molecular weight is 289 g/mol. The van der Waals surface area contributed by atoms with Gasteiger partial charge in [0.2, 0.25) is 0 Å². The number of hydrogen-bond acceptors (Lipinski definition) is 4. The van der Waals surface area contributed by atoms with Crippen LogP contribution in [0, 0.1) is 0 Å². The van der Waals surface area contributed by atoms with E-state index in [1.807, 2.05) is 18.2 Å². The highest BCUT2D eigenvalue weighted by atomic mass is 16.5. The van der Waals surface area contributed by atoms with E-state index in [-0.39, 0.29) is 19.1 Å². The van der Waals surface area contributed by atoms with E-state index in [1.165, 1.54) is 0 Å². The Morgan fingerprint density at radius 3 is 2.71 bits per heavy atom. The Kier molecular flexibility index (Phi) is 5.00. The van der Waals surface area contributed by atoms with Crippen LogP contribution in [0.15, 0.2) is 53.1 Å². The summed E-state index contributed by atoms with van der Waals surface area (Å²) in [5.41, 5.74) is -1.07. The summed E-state index contributed by atoms with van der Waals surface area (Å²) >= 11 is 0. The van der Waals surface area contributed by atoms with E-state index in [1.54, 1.807) is 37.5 Å². The molecule has 0 saturated carbocycles. The lowest BCUT2D eigenvalue weighted by Crippen LogP contribution is -2.43. The van der Waals surface area contributed by atoms with Gasteiger partial charge in [0.05, 0.1) is 11.9 Å². The quantitative estimate of drug-likeness (QED) is 0.815. The summed E-state index contributed by atoms with van der Waals surface area (Å²) in [5, 5.41) is 12.9. The van der Waals surface area contributed by atoms with Crippen molar-refractivity contribution >= 4 is 5.91 Å². The molecule has 0 aliphatic rings. The first kappa shape index (κ1) is 15.1. The van der Waals surface area contributed by atoms with Gasteiger partial charge in [-0.15, -0.1) is 0 Å². The molecule has 1 aromatic heterocycles. The maximum atomic E-state index is 11.7. The average Bonchev–Trinajstić information content (AvgIpc) is 2.96. The molecule has 5 nitrogen and oxygen atoms in total. The Hall–Kier alpha value is -2.27. The van der Waals surface area contributed by atoms with Crippen LogP contribution in [-0.4, -0.2) is 29.8 Å². The Morgan fingerprint density at radius 1 is 1.29 bits per heavy atom. The molecule has 5 heteroatoms. The lowest BCUT2D eigenvalue weighted by atomic mass is 10.0. The molecular weight excluding hydrogens is 270 g/mol. The number of aliphatic hydroxyl groups is 1. The molecule has 2 aromatic rings. The fourth-order valence-electron chi connectivity index (χ4n) is 1.86. The first-order valence-electron chi connectivity index (χ1n) is 6.74. The van der Waals surface area contributed by atoms with Crippen LogP contribution in [0.1, 0.15) is 12.7 Å². The minimum atomic E-state index is -1.07. The van der Waals surface area contributed by atoms with E-state index in [9.17, 15) is 9.90 Å². The molecule has 1 atom stereocenters. The topological polar surface area (TPSA) is 71.7 Å². The highest BCUT2D eigenvalue weighted by Crippen LogP contribution is 2.12. The van der Waals surface area contributed by atoms with Crippen molar-refractivity contribution in [3.63, 3.8) is 0 Å². The van der Waals surface area contributed by atoms with Crippen LogP contribution in [0.25, 0.3) is 0 Å². The van der Waals surface area contributed by atoms with Gasteiger partial charge in [-0.25, -0.2) is 0 Å². The van der Waals surface area contributed by atoms with Crippen molar-refractivity contribution in [1.29, 1.82) is 0 Å². The molecule has 0 saturated heterocycles. The van der Waals surface area contributed by atoms with Gasteiger partial charge in [-0.3, -0.25) is 4.79 Å². The van der Waals surface area contributed by atoms with Crippen LogP contribution in [0.2, 0.25) is 0 Å². The molecule has 21 heavy (non-hydrogen) atoms. The molecule has 1 heterocycles. The number of hydrogen-bond donors (Lipinski definition) is 2. The van der Waals surface area contributed by atoms with Gasteiger partial charge in [0.25, 0.3) is 5.91 Å². The van der Waals surface area contributed by atoms with Crippen molar-refractivity contribution in [3.05, 3.63) is 54.5 Å². The Bertz CT molecular complexity index is 549. The zero-order valence-electron chi connectivity index (χ0n) is 11.9. The van der Waals surface area contributed by atoms with E-state index in [0.717, 1.165) is 0 Å². The molecule has 1 amide bonds. The maximum Gasteiger partial charge on any atom is 0.258 e. The van der Waals surface area contributed by atoms with Gasteiger partial charge in [-0.2, -0.15) is 0 Å². The molecule has 2 N–H and O–H groups in total. The fourth-order valence-corrected chi connectivity index (χ4v) is 1.86. The number of nitrogens with one attached hydrogen (secondary N) is 1. The number of furan rings is 1. The number of amides is 1. The second-order valence-electron chi connectivity index (χ2n) is 5.13. The molecule has 0 fully saturated rings. The van der Waals surface area contributed by atoms with E-state index < -0.39 is 5.60 Å². The lowest BCUT2D eigenvalue weighted by molar-refractivity contribution is -0.124. The van der Waals surface area contributed by atoms with Crippen molar-refractivity contribution in [1.82, 2.24) is 5.32 Å². The molecule has 0 aliphatic heterocycles. The monoisotopic (exact) mass is 289 g/mol. The van der Waals surface area contributed by atoms with Crippen molar-refractivity contribution < 1.29 is 19.1 Å². The minimum Gasteiger partial charge on any atom is -0.484 e. The highest BCUT2D eigenvalue weighted by molar-refractivity contribution is 5.77. The molecule has 112 valence electrons. The number of carbonyl (C=O) groups excluding carboxylic acids is 1. The van der Waals surface area contributed by atoms with Gasteiger partial charge >= 0.3 is 0 Å². The van der Waals surface area contributed by atoms with E-state index in [4.69, 9.17) is 9.15 Å². The summed E-state index contributed by atoms with van der Waals surface area (Å²) in [6, 6.07) is 12.6. The molecule has 1 unspecified atom stereocenters. The summed E-state index contributed by atoms with van der Waals surface area (Å²) < 4.78 is 10.5. The standard InChI is InChI=1S/C16H19NO4/c1-16(19,10-14-8-5-9-20-14)12-17-15(18)11-21-13-6-3-2-4-7-13/h2-9,19H,10-12H2,1H3,(H,17,18). The third-order valence-electron chi connectivity index (χ3n) is 2.91. The van der Waals surface area contributed by atoms with E-state index >= 15 is 0 Å². The number of para-hydroxylation sites is 1. The van der Waals surface area contributed by atoms with Crippen LogP contribution >= 0.6 is 0 Å². The largest absolute Gasteiger partial charge is 0.484 e. The van der Waals surface area contributed by atoms with Gasteiger partial charge in [-0.1, -0.05) is 18.2 Å². The minimum absolute atomic E-state index is 0.0825. The SMILES string of the molecule is CC(O)(CNC(=O)COc1ccccc1)Cc1ccco1. The zero-order chi connectivity index (χ0) is 15.1. The molecule has 0 spiro atoms.